The molecule has 9 nitrogen and oxygen atoms in total. The predicted molar refractivity (Wildman–Crippen MR) is 124 cm³/mol. The Labute approximate surface area is 185 Å². The molecule has 0 aromatic heterocycles. The minimum Gasteiger partial charge on any atom is -0.379 e. The van der Waals surface area contributed by atoms with Crippen molar-refractivity contribution >= 4 is 6.03 Å². The lowest BCUT2D eigenvalue weighted by molar-refractivity contribution is 0.0986. The van der Waals surface area contributed by atoms with E-state index in [-0.39, 0.29) is 6.03 Å². The lowest BCUT2D eigenvalue weighted by Gasteiger charge is -2.18. The summed E-state index contributed by atoms with van der Waals surface area (Å²) >= 11 is 0. The summed E-state index contributed by atoms with van der Waals surface area (Å²) in [5.74, 6) is 0. The van der Waals surface area contributed by atoms with E-state index >= 15 is 0 Å². The highest BCUT2D eigenvalue weighted by Gasteiger charge is 2.03. The van der Waals surface area contributed by atoms with Gasteiger partial charge < -0.3 is 39.7 Å². The van der Waals surface area contributed by atoms with Gasteiger partial charge in [-0.3, -0.25) is 0 Å². The van der Waals surface area contributed by atoms with Crippen LogP contribution in [0.1, 0.15) is 12.8 Å². The summed E-state index contributed by atoms with van der Waals surface area (Å²) in [5.41, 5.74) is 0. The Bertz CT molecular complexity index is 365. The molecular formula is C21H48N6O3. The molecule has 0 heterocycles. The van der Waals surface area contributed by atoms with Crippen molar-refractivity contribution in [3.63, 3.8) is 0 Å². The predicted octanol–water partition coefficient (Wildman–Crippen LogP) is 0.0858. The molecule has 0 unspecified atom stereocenters. The van der Waals surface area contributed by atoms with Crippen LogP contribution in [0, 0.1) is 0 Å². The smallest absolute Gasteiger partial charge is 0.314 e. The van der Waals surface area contributed by atoms with E-state index in [0.29, 0.717) is 13.1 Å². The molecule has 0 aromatic carbocycles. The number of ether oxygens (including phenoxy) is 2. The maximum absolute atomic E-state index is 11.8. The summed E-state index contributed by atoms with van der Waals surface area (Å²) in [6, 6.07) is -0.0839. The van der Waals surface area contributed by atoms with E-state index in [2.05, 4.69) is 44.3 Å². The fourth-order valence-corrected chi connectivity index (χ4v) is 2.53. The average molecular weight is 433 g/mol. The zero-order valence-corrected chi connectivity index (χ0v) is 20.4. The van der Waals surface area contributed by atoms with Crippen molar-refractivity contribution in [2.24, 2.45) is 0 Å². The van der Waals surface area contributed by atoms with Crippen LogP contribution in [0.25, 0.3) is 0 Å². The lowest BCUT2D eigenvalue weighted by Crippen LogP contribution is -2.38. The SMILES string of the molecule is CN(C)CCOCCN(C)CCCNC(=O)NCCCN(C)CCOCCN(C)C. The number of likely N-dealkylation sites (N-methyl/N-ethyl adjacent to an activating group) is 4. The number of nitrogens with one attached hydrogen (secondary N) is 2. The van der Waals surface area contributed by atoms with Gasteiger partial charge in [0.25, 0.3) is 0 Å². The van der Waals surface area contributed by atoms with Crippen LogP contribution in [-0.4, -0.2) is 147 Å². The Morgan fingerprint density at radius 3 is 1.33 bits per heavy atom. The molecule has 180 valence electrons. The van der Waals surface area contributed by atoms with Gasteiger partial charge in [-0.15, -0.1) is 0 Å². The van der Waals surface area contributed by atoms with Gasteiger partial charge >= 0.3 is 6.03 Å². The number of carbonyl (C=O) groups excluding carboxylic acids is 1. The standard InChI is InChI=1S/C21H48N6O3/c1-24(2)13-17-29-19-15-26(5)11-7-9-22-21(28)23-10-8-12-27(6)16-20-30-18-14-25(3)4/h7-20H2,1-6H3,(H2,22,23,28). The van der Waals surface area contributed by atoms with Crippen molar-refractivity contribution < 1.29 is 14.3 Å². The molecule has 0 fully saturated rings. The second-order valence-electron chi connectivity index (χ2n) is 8.33. The lowest BCUT2D eigenvalue weighted by atomic mass is 10.4. The van der Waals surface area contributed by atoms with Crippen LogP contribution in [0.4, 0.5) is 4.79 Å². The van der Waals surface area contributed by atoms with E-state index in [9.17, 15) is 4.79 Å². The van der Waals surface area contributed by atoms with Crippen molar-refractivity contribution in [2.45, 2.75) is 12.8 Å². The molecule has 0 aliphatic heterocycles. The molecule has 0 aliphatic carbocycles. The fourth-order valence-electron chi connectivity index (χ4n) is 2.53. The maximum atomic E-state index is 11.8. The van der Waals surface area contributed by atoms with Gasteiger partial charge in [0.05, 0.1) is 26.4 Å². The Morgan fingerprint density at radius 2 is 0.967 bits per heavy atom. The van der Waals surface area contributed by atoms with E-state index in [1.807, 2.05) is 28.2 Å². The van der Waals surface area contributed by atoms with Crippen LogP contribution in [0.2, 0.25) is 0 Å². The minimum atomic E-state index is -0.0839. The second kappa shape index (κ2) is 20.0. The molecule has 0 bridgehead atoms. The second-order valence-corrected chi connectivity index (χ2v) is 8.33. The van der Waals surface area contributed by atoms with E-state index < -0.39 is 0 Å². The van der Waals surface area contributed by atoms with E-state index in [1.165, 1.54) is 0 Å². The minimum absolute atomic E-state index is 0.0839. The van der Waals surface area contributed by atoms with Crippen molar-refractivity contribution in [3.8, 4) is 0 Å². The molecule has 0 spiro atoms. The number of hydrogen-bond donors (Lipinski definition) is 2. The third-order valence-corrected chi connectivity index (χ3v) is 4.60. The summed E-state index contributed by atoms with van der Waals surface area (Å²) < 4.78 is 11.2. The number of rotatable bonds is 20. The highest BCUT2D eigenvalue weighted by Crippen LogP contribution is 1.90. The molecule has 2 N–H and O–H groups in total. The molecule has 0 aliphatic rings. The van der Waals surface area contributed by atoms with Gasteiger partial charge in [-0.2, -0.15) is 0 Å². The summed E-state index contributed by atoms with van der Waals surface area (Å²) in [6.07, 6.45) is 1.86. The number of amides is 2. The highest BCUT2D eigenvalue weighted by molar-refractivity contribution is 5.73. The molecule has 0 aromatic rings. The number of carbonyl (C=O) groups is 1. The van der Waals surface area contributed by atoms with Gasteiger partial charge in [-0.25, -0.2) is 4.79 Å². The normalized spacial score (nSPS) is 11.8. The Hall–Kier alpha value is -0.970. The van der Waals surface area contributed by atoms with Gasteiger partial charge in [0, 0.05) is 39.3 Å². The number of hydrogen-bond acceptors (Lipinski definition) is 7. The monoisotopic (exact) mass is 432 g/mol. The third kappa shape index (κ3) is 21.7. The Balaban J connectivity index is 3.44. The molecule has 9 heteroatoms. The topological polar surface area (TPSA) is 72.5 Å². The molecule has 30 heavy (non-hydrogen) atoms. The number of urea groups is 1. The zero-order chi connectivity index (χ0) is 22.6. The molecule has 2 amide bonds. The summed E-state index contributed by atoms with van der Waals surface area (Å²) in [6.45, 7) is 9.99. The summed E-state index contributed by atoms with van der Waals surface area (Å²) in [7, 11) is 12.3. The highest BCUT2D eigenvalue weighted by atomic mass is 16.5. The van der Waals surface area contributed by atoms with Crippen LogP contribution < -0.4 is 10.6 Å². The zero-order valence-electron chi connectivity index (χ0n) is 20.4. The quantitative estimate of drug-likeness (QED) is 0.264. The van der Waals surface area contributed by atoms with Crippen molar-refractivity contribution in [1.29, 1.82) is 0 Å². The van der Waals surface area contributed by atoms with E-state index in [4.69, 9.17) is 9.47 Å². The van der Waals surface area contributed by atoms with Gasteiger partial charge in [0.1, 0.15) is 0 Å². The van der Waals surface area contributed by atoms with Crippen LogP contribution in [0.3, 0.4) is 0 Å². The van der Waals surface area contributed by atoms with Gasteiger partial charge in [0.15, 0.2) is 0 Å². The summed E-state index contributed by atoms with van der Waals surface area (Å²) in [5, 5.41) is 5.84. The van der Waals surface area contributed by atoms with Crippen molar-refractivity contribution in [1.82, 2.24) is 30.2 Å². The number of nitrogens with zero attached hydrogens (tertiary/aromatic N) is 4. The maximum Gasteiger partial charge on any atom is 0.314 e. The first-order valence-corrected chi connectivity index (χ1v) is 11.1. The first-order valence-electron chi connectivity index (χ1n) is 11.1. The van der Waals surface area contributed by atoms with Crippen LogP contribution in [-0.2, 0) is 9.47 Å². The van der Waals surface area contributed by atoms with Gasteiger partial charge in [-0.05, 0) is 68.2 Å². The van der Waals surface area contributed by atoms with Gasteiger partial charge in [-0.1, -0.05) is 0 Å². The molecule has 0 rings (SSSR count). The van der Waals surface area contributed by atoms with Crippen LogP contribution in [0.15, 0.2) is 0 Å². The molecule has 0 radical (unpaired) electrons. The van der Waals surface area contributed by atoms with Crippen molar-refractivity contribution in [2.75, 3.05) is 121 Å². The largest absolute Gasteiger partial charge is 0.379 e. The molecule has 0 atom stereocenters. The fraction of sp³-hybridized carbons (Fsp3) is 0.952. The van der Waals surface area contributed by atoms with Crippen LogP contribution >= 0.6 is 0 Å². The van der Waals surface area contributed by atoms with Crippen molar-refractivity contribution in [3.05, 3.63) is 0 Å². The summed E-state index contributed by atoms with van der Waals surface area (Å²) in [4.78, 5) is 20.5. The Morgan fingerprint density at radius 1 is 0.600 bits per heavy atom. The first kappa shape index (κ1) is 29.0. The molecular weight excluding hydrogens is 384 g/mol. The van der Waals surface area contributed by atoms with E-state index in [0.717, 1.165) is 78.5 Å². The average Bonchev–Trinajstić information content (AvgIpc) is 2.67. The van der Waals surface area contributed by atoms with Crippen LogP contribution in [0.5, 0.6) is 0 Å². The molecule has 0 saturated heterocycles. The molecule has 0 saturated carbocycles. The third-order valence-electron chi connectivity index (χ3n) is 4.60. The van der Waals surface area contributed by atoms with E-state index in [1.54, 1.807) is 0 Å². The Kier molecular flexibility index (Phi) is 19.3. The first-order chi connectivity index (χ1) is 14.3. The van der Waals surface area contributed by atoms with Gasteiger partial charge in [0.2, 0.25) is 0 Å².